The van der Waals surface area contributed by atoms with E-state index in [4.69, 9.17) is 23.7 Å². The zero-order valence-corrected chi connectivity index (χ0v) is 16.6. The van der Waals surface area contributed by atoms with Crippen molar-refractivity contribution in [2.45, 2.75) is 19.1 Å². The Balaban J connectivity index is 1.51. The van der Waals surface area contributed by atoms with Gasteiger partial charge in [0.1, 0.15) is 23.5 Å². The highest BCUT2D eigenvalue weighted by molar-refractivity contribution is 5.96. The van der Waals surface area contributed by atoms with E-state index in [9.17, 15) is 9.59 Å². The number of likely N-dealkylation sites (tertiary alicyclic amines) is 1. The number of nitrogens with zero attached hydrogens (tertiary/aromatic N) is 1. The largest absolute Gasteiger partial charge is 0.497 e. The van der Waals surface area contributed by atoms with E-state index in [1.807, 2.05) is 12.1 Å². The van der Waals surface area contributed by atoms with E-state index in [-0.39, 0.29) is 31.8 Å². The van der Waals surface area contributed by atoms with Crippen LogP contribution in [0.25, 0.3) is 0 Å². The second kappa shape index (κ2) is 7.12. The topological polar surface area (TPSA) is 83.5 Å². The second-order valence-corrected chi connectivity index (χ2v) is 7.32. The summed E-state index contributed by atoms with van der Waals surface area (Å²) >= 11 is 0. The molecule has 0 N–H and O–H groups in total. The number of amides is 1. The summed E-state index contributed by atoms with van der Waals surface area (Å²) < 4.78 is 27.4. The van der Waals surface area contributed by atoms with Gasteiger partial charge in [-0.15, -0.1) is 0 Å². The predicted octanol–water partition coefficient (Wildman–Crippen LogP) is 2.56. The molecule has 1 amide bonds. The minimum atomic E-state index is -0.577. The summed E-state index contributed by atoms with van der Waals surface area (Å²) in [7, 11) is 1.58. The summed E-state index contributed by atoms with van der Waals surface area (Å²) in [5.41, 5.74) is 1.31. The quantitative estimate of drug-likeness (QED) is 0.715. The fourth-order valence-corrected chi connectivity index (χ4v) is 4.32. The summed E-state index contributed by atoms with van der Waals surface area (Å²) in [6, 6.07) is 10.2. The van der Waals surface area contributed by atoms with E-state index >= 15 is 0 Å². The van der Waals surface area contributed by atoms with Crippen LogP contribution in [-0.4, -0.2) is 49.9 Å². The molecule has 3 aliphatic heterocycles. The van der Waals surface area contributed by atoms with E-state index in [0.717, 1.165) is 5.56 Å². The van der Waals surface area contributed by atoms with Crippen molar-refractivity contribution in [1.82, 2.24) is 4.90 Å². The van der Waals surface area contributed by atoms with Crippen LogP contribution in [0, 0.1) is 5.92 Å². The summed E-state index contributed by atoms with van der Waals surface area (Å²) in [6.07, 6.45) is -0.510. The summed E-state index contributed by atoms with van der Waals surface area (Å²) in [5.74, 6) is 1.25. The molecule has 0 aliphatic carbocycles. The van der Waals surface area contributed by atoms with E-state index in [2.05, 4.69) is 0 Å². The Hall–Kier alpha value is -3.42. The van der Waals surface area contributed by atoms with Crippen molar-refractivity contribution < 1.29 is 33.3 Å². The van der Waals surface area contributed by atoms with Crippen LogP contribution >= 0.6 is 0 Å². The van der Waals surface area contributed by atoms with Crippen LogP contribution in [0.1, 0.15) is 28.9 Å². The Bertz CT molecular complexity index is 1020. The molecule has 0 bridgehead atoms. The molecule has 2 aromatic carbocycles. The average molecular weight is 411 g/mol. The molecule has 30 heavy (non-hydrogen) atoms. The lowest BCUT2D eigenvalue weighted by molar-refractivity contribution is -0.149. The average Bonchev–Trinajstić information content (AvgIpc) is 3.46. The lowest BCUT2D eigenvalue weighted by Gasteiger charge is -2.23. The van der Waals surface area contributed by atoms with E-state index in [1.165, 1.54) is 0 Å². The standard InChI is InChI=1S/C22H21NO7/c1-3-27-22(25)15-10-23(21(24)12-4-7-16-18(8-12)29-11-28-16)19-14-6-5-13(26-2)9-17(14)30-20(15)19/h4-9,15,19-20H,3,10-11H2,1-2H3/t15-,19+,20+/m1/s1. The predicted molar refractivity (Wildman–Crippen MR) is 104 cm³/mol. The van der Waals surface area contributed by atoms with Crippen LogP contribution in [0.2, 0.25) is 0 Å². The molecule has 0 aromatic heterocycles. The summed E-state index contributed by atoms with van der Waals surface area (Å²) in [5, 5.41) is 0. The SMILES string of the molecule is CCOC(=O)[C@@H]1CN(C(=O)c2ccc3c(c2)OCO3)[C@H]2c3ccc(OC)cc3O[C@@H]12. The molecule has 1 fully saturated rings. The molecule has 3 aliphatic rings. The van der Waals surface area contributed by atoms with Gasteiger partial charge in [-0.25, -0.2) is 0 Å². The van der Waals surface area contributed by atoms with Crippen LogP contribution in [0.5, 0.6) is 23.0 Å². The number of fused-ring (bicyclic) bond motifs is 4. The second-order valence-electron chi connectivity index (χ2n) is 7.32. The molecule has 0 radical (unpaired) electrons. The zero-order valence-electron chi connectivity index (χ0n) is 16.6. The van der Waals surface area contributed by atoms with Crippen molar-refractivity contribution in [3.05, 3.63) is 47.5 Å². The number of methoxy groups -OCH3 is 1. The molecule has 156 valence electrons. The van der Waals surface area contributed by atoms with Crippen molar-refractivity contribution in [3.63, 3.8) is 0 Å². The molecule has 0 spiro atoms. The van der Waals surface area contributed by atoms with Gasteiger partial charge in [-0.05, 0) is 37.3 Å². The maximum atomic E-state index is 13.4. The van der Waals surface area contributed by atoms with Crippen molar-refractivity contribution >= 4 is 11.9 Å². The van der Waals surface area contributed by atoms with Gasteiger partial charge in [0.15, 0.2) is 11.5 Å². The molecule has 0 unspecified atom stereocenters. The number of carbonyl (C=O) groups excluding carboxylic acids is 2. The lowest BCUT2D eigenvalue weighted by atomic mass is 9.98. The first-order chi connectivity index (χ1) is 14.6. The molecular formula is C22H21NO7. The number of benzene rings is 2. The van der Waals surface area contributed by atoms with Crippen molar-refractivity contribution in [1.29, 1.82) is 0 Å². The van der Waals surface area contributed by atoms with E-state index in [1.54, 1.807) is 43.2 Å². The highest BCUT2D eigenvalue weighted by atomic mass is 16.7. The third-order valence-electron chi connectivity index (χ3n) is 5.71. The molecule has 8 heteroatoms. The number of hydrogen-bond donors (Lipinski definition) is 0. The molecule has 3 heterocycles. The van der Waals surface area contributed by atoms with Gasteiger partial charge in [-0.1, -0.05) is 0 Å². The lowest BCUT2D eigenvalue weighted by Crippen LogP contribution is -2.32. The first-order valence-corrected chi connectivity index (χ1v) is 9.82. The Morgan fingerprint density at radius 1 is 1.10 bits per heavy atom. The van der Waals surface area contributed by atoms with E-state index < -0.39 is 18.1 Å². The number of hydrogen-bond acceptors (Lipinski definition) is 7. The highest BCUT2D eigenvalue weighted by Gasteiger charge is 2.54. The molecule has 8 nitrogen and oxygen atoms in total. The number of ether oxygens (including phenoxy) is 5. The van der Waals surface area contributed by atoms with Gasteiger partial charge in [0.25, 0.3) is 5.91 Å². The normalized spacial score (nSPS) is 22.9. The number of esters is 1. The third kappa shape index (κ3) is 2.82. The Morgan fingerprint density at radius 3 is 2.73 bits per heavy atom. The van der Waals surface area contributed by atoms with Gasteiger partial charge in [-0.2, -0.15) is 0 Å². The van der Waals surface area contributed by atoms with Gasteiger partial charge in [0.05, 0.1) is 19.8 Å². The fourth-order valence-electron chi connectivity index (χ4n) is 4.32. The minimum Gasteiger partial charge on any atom is -0.497 e. The number of carbonyl (C=O) groups is 2. The highest BCUT2D eigenvalue weighted by Crippen LogP contribution is 2.49. The first-order valence-electron chi connectivity index (χ1n) is 9.82. The van der Waals surface area contributed by atoms with Gasteiger partial charge in [-0.3, -0.25) is 9.59 Å². The van der Waals surface area contributed by atoms with Gasteiger partial charge in [0.2, 0.25) is 6.79 Å². The van der Waals surface area contributed by atoms with Gasteiger partial charge < -0.3 is 28.6 Å². The third-order valence-corrected chi connectivity index (χ3v) is 5.71. The van der Waals surface area contributed by atoms with Crippen LogP contribution in [0.3, 0.4) is 0 Å². The smallest absolute Gasteiger partial charge is 0.314 e. The number of rotatable bonds is 4. The van der Waals surface area contributed by atoms with Crippen LogP contribution in [-0.2, 0) is 9.53 Å². The molecule has 3 atom stereocenters. The Kier molecular flexibility index (Phi) is 4.42. The van der Waals surface area contributed by atoms with Gasteiger partial charge >= 0.3 is 5.97 Å². The molecule has 1 saturated heterocycles. The fraction of sp³-hybridized carbons (Fsp3) is 0.364. The van der Waals surface area contributed by atoms with Gasteiger partial charge in [0, 0.05) is 23.7 Å². The Morgan fingerprint density at radius 2 is 1.93 bits per heavy atom. The van der Waals surface area contributed by atoms with Crippen molar-refractivity contribution in [3.8, 4) is 23.0 Å². The zero-order chi connectivity index (χ0) is 20.8. The van der Waals surface area contributed by atoms with Crippen molar-refractivity contribution in [2.24, 2.45) is 5.92 Å². The monoisotopic (exact) mass is 411 g/mol. The Labute approximate surface area is 173 Å². The summed E-state index contributed by atoms with van der Waals surface area (Å²) in [6.45, 7) is 2.38. The summed E-state index contributed by atoms with van der Waals surface area (Å²) in [4.78, 5) is 27.7. The minimum absolute atomic E-state index is 0.134. The van der Waals surface area contributed by atoms with Crippen LogP contribution in [0.15, 0.2) is 36.4 Å². The van der Waals surface area contributed by atoms with E-state index in [0.29, 0.717) is 28.6 Å². The maximum absolute atomic E-state index is 13.4. The first kappa shape index (κ1) is 18.6. The molecule has 2 aromatic rings. The maximum Gasteiger partial charge on any atom is 0.314 e. The van der Waals surface area contributed by atoms with Crippen molar-refractivity contribution in [2.75, 3.05) is 27.1 Å². The van der Waals surface area contributed by atoms with Crippen LogP contribution < -0.4 is 18.9 Å². The molecular weight excluding hydrogens is 390 g/mol. The molecule has 0 saturated carbocycles. The van der Waals surface area contributed by atoms with Crippen LogP contribution in [0.4, 0.5) is 0 Å². The molecule has 5 rings (SSSR count).